The van der Waals surface area contributed by atoms with Gasteiger partial charge in [0.05, 0.1) is 24.9 Å². The lowest BCUT2D eigenvalue weighted by Crippen LogP contribution is -2.12. The average molecular weight is 368 g/mol. The van der Waals surface area contributed by atoms with Crippen LogP contribution in [0.5, 0.6) is 11.5 Å². The highest BCUT2D eigenvalue weighted by molar-refractivity contribution is 5.79. The zero-order valence-corrected chi connectivity index (χ0v) is 15.5. The van der Waals surface area contributed by atoms with Gasteiger partial charge in [0.15, 0.2) is 0 Å². The van der Waals surface area contributed by atoms with E-state index in [9.17, 15) is 0 Å². The first kappa shape index (κ1) is 20.3. The molecule has 0 fully saturated rings. The molecule has 0 saturated heterocycles. The predicted molar refractivity (Wildman–Crippen MR) is 109 cm³/mol. The number of hydrogen-bond acceptors (Lipinski definition) is 4. The van der Waals surface area contributed by atoms with Crippen molar-refractivity contribution >= 4 is 11.7 Å². The Morgan fingerprint density at radius 3 is 1.33 bits per heavy atom. The van der Waals surface area contributed by atoms with Crippen molar-refractivity contribution in [1.29, 1.82) is 10.8 Å². The van der Waals surface area contributed by atoms with Crippen molar-refractivity contribution in [3.05, 3.63) is 59.7 Å². The van der Waals surface area contributed by atoms with E-state index in [2.05, 4.69) is 0 Å². The number of rotatable bonds is 12. The van der Waals surface area contributed by atoms with Crippen LogP contribution in [0.2, 0.25) is 0 Å². The fraction of sp³-hybridized carbons (Fsp3) is 0.333. The first-order valence-electron chi connectivity index (χ1n) is 9.12. The number of unbranched alkanes of at least 4 members (excludes halogenated alkanes) is 2. The summed E-state index contributed by atoms with van der Waals surface area (Å²) >= 11 is 0. The molecular weight excluding hydrogens is 340 g/mol. The molecule has 0 spiro atoms. The van der Waals surface area contributed by atoms with Crippen LogP contribution in [0.15, 0.2) is 48.5 Å². The summed E-state index contributed by atoms with van der Waals surface area (Å²) in [5.74, 6) is 2.00. The van der Waals surface area contributed by atoms with E-state index in [1.807, 2.05) is 48.5 Å². The van der Waals surface area contributed by atoms with Crippen molar-refractivity contribution in [2.45, 2.75) is 32.1 Å². The quantitative estimate of drug-likeness (QED) is 0.261. The molecule has 2 aromatic carbocycles. The van der Waals surface area contributed by atoms with Crippen LogP contribution >= 0.6 is 0 Å². The number of ether oxygens (including phenoxy) is 2. The largest absolute Gasteiger partial charge is 0.494 e. The molecule has 6 heteroatoms. The molecule has 0 aliphatic carbocycles. The highest BCUT2D eigenvalue weighted by Crippen LogP contribution is 2.15. The van der Waals surface area contributed by atoms with Gasteiger partial charge in [-0.1, -0.05) is 24.3 Å². The average Bonchev–Trinajstić information content (AvgIpc) is 2.63. The van der Waals surface area contributed by atoms with E-state index in [1.165, 1.54) is 0 Å². The molecule has 0 aromatic heterocycles. The SMILES string of the molecule is N=C(N)Cc1ccc(OCCCCCOc2ccc(CC(=N)N)cc2)cc1. The maximum absolute atomic E-state index is 7.29. The van der Waals surface area contributed by atoms with E-state index in [-0.39, 0.29) is 11.7 Å². The molecule has 0 aliphatic heterocycles. The van der Waals surface area contributed by atoms with Crippen LogP contribution in [0, 0.1) is 10.8 Å². The second-order valence-corrected chi connectivity index (χ2v) is 6.45. The molecule has 0 bridgehead atoms. The predicted octanol–water partition coefficient (Wildman–Crippen LogP) is 3.27. The second kappa shape index (κ2) is 10.9. The van der Waals surface area contributed by atoms with Crippen LogP contribution in [-0.2, 0) is 12.8 Å². The molecule has 144 valence electrons. The van der Waals surface area contributed by atoms with Crippen LogP contribution in [0.4, 0.5) is 0 Å². The van der Waals surface area contributed by atoms with Crippen LogP contribution in [0.3, 0.4) is 0 Å². The van der Waals surface area contributed by atoms with E-state index < -0.39 is 0 Å². The summed E-state index contributed by atoms with van der Waals surface area (Å²) in [6.45, 7) is 1.34. The van der Waals surface area contributed by atoms with Gasteiger partial charge in [-0.25, -0.2) is 0 Å². The lowest BCUT2D eigenvalue weighted by Gasteiger charge is -2.09. The molecule has 0 radical (unpaired) electrons. The first-order chi connectivity index (χ1) is 13.0. The number of nitrogens with two attached hydrogens (primary N) is 2. The molecule has 0 atom stereocenters. The minimum absolute atomic E-state index is 0.165. The van der Waals surface area contributed by atoms with Crippen molar-refractivity contribution in [2.75, 3.05) is 13.2 Å². The Kier molecular flexibility index (Phi) is 8.16. The van der Waals surface area contributed by atoms with E-state index in [0.29, 0.717) is 26.1 Å². The maximum atomic E-state index is 7.29. The third kappa shape index (κ3) is 8.27. The van der Waals surface area contributed by atoms with Gasteiger partial charge >= 0.3 is 0 Å². The fourth-order valence-electron chi connectivity index (χ4n) is 2.61. The summed E-state index contributed by atoms with van der Waals surface area (Å²) in [5, 5.41) is 14.6. The molecule has 2 aromatic rings. The van der Waals surface area contributed by atoms with E-state index in [1.54, 1.807) is 0 Å². The van der Waals surface area contributed by atoms with Crippen LogP contribution in [-0.4, -0.2) is 24.9 Å². The van der Waals surface area contributed by atoms with Gasteiger partial charge in [-0.3, -0.25) is 10.8 Å². The summed E-state index contributed by atoms with van der Waals surface area (Å²) in [4.78, 5) is 0. The van der Waals surface area contributed by atoms with Gasteiger partial charge in [0.1, 0.15) is 11.5 Å². The summed E-state index contributed by atoms with van der Waals surface area (Å²) < 4.78 is 11.4. The Hall–Kier alpha value is -3.02. The van der Waals surface area contributed by atoms with Crippen LogP contribution in [0.1, 0.15) is 30.4 Å². The molecule has 0 aliphatic rings. The Morgan fingerprint density at radius 2 is 1.00 bits per heavy atom. The summed E-state index contributed by atoms with van der Waals surface area (Å²) in [5.41, 5.74) is 12.8. The minimum atomic E-state index is 0.165. The van der Waals surface area contributed by atoms with Gasteiger partial charge in [-0.05, 0) is 54.7 Å². The Balaban J connectivity index is 1.55. The summed E-state index contributed by atoms with van der Waals surface area (Å²) in [6, 6.07) is 15.4. The topological polar surface area (TPSA) is 118 Å². The molecule has 0 unspecified atom stereocenters. The lowest BCUT2D eigenvalue weighted by atomic mass is 10.1. The molecule has 6 nitrogen and oxygen atoms in total. The third-order valence-electron chi connectivity index (χ3n) is 3.96. The Labute approximate surface area is 160 Å². The standard InChI is InChI=1S/C21H28N4O2/c22-20(23)14-16-4-8-18(9-5-16)26-12-2-1-3-13-27-19-10-6-17(7-11-19)15-21(24)25/h4-11H,1-3,12-15H2,(H3,22,23)(H3,24,25). The third-order valence-corrected chi connectivity index (χ3v) is 3.96. The number of nitrogens with one attached hydrogen (secondary N) is 2. The highest BCUT2D eigenvalue weighted by atomic mass is 16.5. The Bertz CT molecular complexity index is 663. The normalized spacial score (nSPS) is 10.4. The number of amidine groups is 2. The molecule has 0 saturated carbocycles. The highest BCUT2D eigenvalue weighted by Gasteiger charge is 1.99. The van der Waals surface area contributed by atoms with Gasteiger partial charge in [0.2, 0.25) is 0 Å². The molecule has 0 heterocycles. The molecule has 0 amide bonds. The smallest absolute Gasteiger partial charge is 0.119 e. The molecule has 6 N–H and O–H groups in total. The van der Waals surface area contributed by atoms with Gasteiger partial charge < -0.3 is 20.9 Å². The van der Waals surface area contributed by atoms with E-state index in [4.69, 9.17) is 31.8 Å². The van der Waals surface area contributed by atoms with Crippen molar-refractivity contribution in [3.8, 4) is 11.5 Å². The zero-order chi connectivity index (χ0) is 19.5. The molecule has 27 heavy (non-hydrogen) atoms. The molecular formula is C21H28N4O2. The summed E-state index contributed by atoms with van der Waals surface area (Å²) in [7, 11) is 0. The van der Waals surface area contributed by atoms with Gasteiger partial charge in [0.25, 0.3) is 0 Å². The monoisotopic (exact) mass is 368 g/mol. The molecule has 2 rings (SSSR count). The van der Waals surface area contributed by atoms with Crippen molar-refractivity contribution in [1.82, 2.24) is 0 Å². The van der Waals surface area contributed by atoms with E-state index >= 15 is 0 Å². The minimum Gasteiger partial charge on any atom is -0.494 e. The second-order valence-electron chi connectivity index (χ2n) is 6.45. The van der Waals surface area contributed by atoms with Crippen LogP contribution < -0.4 is 20.9 Å². The lowest BCUT2D eigenvalue weighted by molar-refractivity contribution is 0.279. The van der Waals surface area contributed by atoms with E-state index in [0.717, 1.165) is 41.9 Å². The van der Waals surface area contributed by atoms with Crippen molar-refractivity contribution in [2.24, 2.45) is 11.5 Å². The van der Waals surface area contributed by atoms with Gasteiger partial charge in [-0.2, -0.15) is 0 Å². The fourth-order valence-corrected chi connectivity index (χ4v) is 2.61. The Morgan fingerprint density at radius 1 is 0.630 bits per heavy atom. The van der Waals surface area contributed by atoms with Crippen LogP contribution in [0.25, 0.3) is 0 Å². The summed E-state index contributed by atoms with van der Waals surface area (Å²) in [6.07, 6.45) is 3.91. The maximum Gasteiger partial charge on any atom is 0.119 e. The van der Waals surface area contributed by atoms with Gasteiger partial charge in [0, 0.05) is 12.8 Å². The first-order valence-corrected chi connectivity index (χ1v) is 9.12. The number of hydrogen-bond donors (Lipinski definition) is 4. The van der Waals surface area contributed by atoms with Gasteiger partial charge in [-0.15, -0.1) is 0 Å². The zero-order valence-electron chi connectivity index (χ0n) is 15.5. The van der Waals surface area contributed by atoms with Crippen molar-refractivity contribution < 1.29 is 9.47 Å². The van der Waals surface area contributed by atoms with Crippen molar-refractivity contribution in [3.63, 3.8) is 0 Å². The number of benzene rings is 2.